The van der Waals surface area contributed by atoms with Crippen molar-refractivity contribution in [1.29, 1.82) is 0 Å². The average molecular weight is 429 g/mol. The van der Waals surface area contributed by atoms with Crippen molar-refractivity contribution in [2.45, 2.75) is 24.5 Å². The number of ether oxygens (including phenoxy) is 1. The number of nitrogens with one attached hydrogen (secondary N) is 2. The number of aromatic nitrogens is 1. The summed E-state index contributed by atoms with van der Waals surface area (Å²) >= 11 is 1.49. The fourth-order valence-corrected chi connectivity index (χ4v) is 5.01. The SMILES string of the molecule is O=C1NC(N2CCOCC2)=NC(=N[C@H]2CNC[C@H](O)C2)C1c1nc2ccccc2s1. The molecule has 1 aromatic heterocycles. The summed E-state index contributed by atoms with van der Waals surface area (Å²) < 4.78 is 6.44. The van der Waals surface area contributed by atoms with Gasteiger partial charge in [-0.1, -0.05) is 12.1 Å². The number of morpholine rings is 1. The zero-order valence-corrected chi connectivity index (χ0v) is 17.3. The van der Waals surface area contributed by atoms with E-state index < -0.39 is 12.0 Å². The first-order chi connectivity index (χ1) is 14.7. The highest BCUT2D eigenvalue weighted by Crippen LogP contribution is 2.31. The summed E-state index contributed by atoms with van der Waals surface area (Å²) in [5, 5.41) is 16.8. The molecule has 158 valence electrons. The summed E-state index contributed by atoms with van der Waals surface area (Å²) in [6.07, 6.45) is 0.0988. The summed E-state index contributed by atoms with van der Waals surface area (Å²) in [6, 6.07) is 7.70. The van der Waals surface area contributed by atoms with Crippen LogP contribution in [0.25, 0.3) is 10.2 Å². The highest BCUT2D eigenvalue weighted by Gasteiger charge is 2.37. The molecule has 3 aliphatic rings. The van der Waals surface area contributed by atoms with Crippen LogP contribution in [0.1, 0.15) is 17.3 Å². The Balaban J connectivity index is 1.53. The van der Waals surface area contributed by atoms with Crippen molar-refractivity contribution >= 4 is 39.3 Å². The van der Waals surface area contributed by atoms with Gasteiger partial charge in [0.15, 0.2) is 0 Å². The number of guanidine groups is 1. The standard InChI is InChI=1S/C20H24N6O3S/c27-13-9-12(10-21-11-13)22-17-16(19-23-14-3-1-2-4-15(14)30-19)18(28)25-20(24-17)26-5-7-29-8-6-26/h1-4,12-13,16,21,27H,5-11H2,(H,22,24,25,28)/t12-,13-,16?/m1/s1. The number of aliphatic imine (C=N–C) groups is 2. The first-order valence-corrected chi connectivity index (χ1v) is 11.0. The van der Waals surface area contributed by atoms with Crippen LogP contribution in [0.5, 0.6) is 0 Å². The lowest BCUT2D eigenvalue weighted by atomic mass is 10.0. The van der Waals surface area contributed by atoms with Gasteiger partial charge in [-0.15, -0.1) is 11.3 Å². The lowest BCUT2D eigenvalue weighted by Gasteiger charge is -2.33. The number of carbonyl (C=O) groups is 1. The largest absolute Gasteiger partial charge is 0.392 e. The molecule has 0 radical (unpaired) electrons. The van der Waals surface area contributed by atoms with Crippen LogP contribution in [-0.4, -0.2) is 84.2 Å². The van der Waals surface area contributed by atoms with Gasteiger partial charge in [0, 0.05) is 26.2 Å². The third kappa shape index (κ3) is 3.95. The van der Waals surface area contributed by atoms with E-state index in [9.17, 15) is 9.90 Å². The molecule has 3 aliphatic heterocycles. The van der Waals surface area contributed by atoms with Crippen LogP contribution in [0.15, 0.2) is 34.3 Å². The van der Waals surface area contributed by atoms with Gasteiger partial charge in [0.2, 0.25) is 11.9 Å². The quantitative estimate of drug-likeness (QED) is 0.635. The van der Waals surface area contributed by atoms with E-state index in [1.807, 2.05) is 29.2 Å². The second kappa shape index (κ2) is 8.38. The molecule has 1 amide bonds. The Labute approximate surface area is 177 Å². The molecule has 3 atom stereocenters. The normalized spacial score (nSPS) is 29.2. The van der Waals surface area contributed by atoms with Gasteiger partial charge < -0.3 is 20.1 Å². The number of hydrogen-bond donors (Lipinski definition) is 3. The number of β-amino-alcohol motifs (C(OH)–C–C–N with tert-alkyl or cyclic N) is 1. The lowest BCUT2D eigenvalue weighted by molar-refractivity contribution is -0.120. The van der Waals surface area contributed by atoms with E-state index in [0.29, 0.717) is 62.6 Å². The molecule has 30 heavy (non-hydrogen) atoms. The number of thiazole rings is 1. The first-order valence-electron chi connectivity index (χ1n) is 10.2. The summed E-state index contributed by atoms with van der Waals surface area (Å²) in [5.74, 6) is 0.142. The number of amides is 1. The molecule has 0 spiro atoms. The van der Waals surface area contributed by atoms with Crippen LogP contribution >= 0.6 is 11.3 Å². The smallest absolute Gasteiger partial charge is 0.244 e. The number of hydrogen-bond acceptors (Lipinski definition) is 8. The van der Waals surface area contributed by atoms with Gasteiger partial charge in [-0.05, 0) is 18.6 Å². The topological polar surface area (TPSA) is 111 Å². The predicted molar refractivity (Wildman–Crippen MR) is 115 cm³/mol. The summed E-state index contributed by atoms with van der Waals surface area (Å²) in [4.78, 5) is 29.5. The van der Waals surface area contributed by atoms with Gasteiger partial charge >= 0.3 is 0 Å². The van der Waals surface area contributed by atoms with Crippen LogP contribution in [-0.2, 0) is 9.53 Å². The average Bonchev–Trinajstić information content (AvgIpc) is 3.17. The maximum Gasteiger partial charge on any atom is 0.244 e. The van der Waals surface area contributed by atoms with Crippen molar-refractivity contribution in [1.82, 2.24) is 20.5 Å². The van der Waals surface area contributed by atoms with Crippen LogP contribution in [0.2, 0.25) is 0 Å². The van der Waals surface area contributed by atoms with Gasteiger partial charge in [0.25, 0.3) is 0 Å². The molecule has 2 saturated heterocycles. The molecule has 1 unspecified atom stereocenters. The molecule has 5 rings (SSSR count). The summed E-state index contributed by atoms with van der Waals surface area (Å²) in [7, 11) is 0. The molecule has 4 heterocycles. The van der Waals surface area contributed by atoms with Crippen LogP contribution in [0.3, 0.4) is 0 Å². The van der Waals surface area contributed by atoms with Crippen molar-refractivity contribution in [3.63, 3.8) is 0 Å². The van der Waals surface area contributed by atoms with Crippen LogP contribution < -0.4 is 10.6 Å². The highest BCUT2D eigenvalue weighted by molar-refractivity contribution is 7.18. The molecular weight excluding hydrogens is 404 g/mol. The Kier molecular flexibility index (Phi) is 5.47. The lowest BCUT2D eigenvalue weighted by Crippen LogP contribution is -2.54. The zero-order valence-electron chi connectivity index (χ0n) is 16.5. The van der Waals surface area contributed by atoms with E-state index >= 15 is 0 Å². The number of benzene rings is 1. The predicted octanol–water partition coefficient (Wildman–Crippen LogP) is 0.319. The number of carbonyl (C=O) groups excluding carboxylic acids is 1. The second-order valence-electron chi connectivity index (χ2n) is 7.67. The Morgan fingerprint density at radius 2 is 2.07 bits per heavy atom. The first kappa shape index (κ1) is 19.6. The number of amidine groups is 1. The number of para-hydroxylation sites is 1. The number of rotatable bonds is 2. The number of nitrogens with zero attached hydrogens (tertiary/aromatic N) is 4. The highest BCUT2D eigenvalue weighted by atomic mass is 32.1. The third-order valence-electron chi connectivity index (χ3n) is 5.46. The summed E-state index contributed by atoms with van der Waals surface area (Å²) in [5.41, 5.74) is 0.863. The van der Waals surface area contributed by atoms with Crippen molar-refractivity contribution in [3.8, 4) is 0 Å². The number of aliphatic hydroxyl groups excluding tert-OH is 1. The fraction of sp³-hybridized carbons (Fsp3) is 0.500. The second-order valence-corrected chi connectivity index (χ2v) is 8.73. The van der Waals surface area contributed by atoms with Gasteiger partial charge in [0.1, 0.15) is 16.8 Å². The van der Waals surface area contributed by atoms with E-state index in [-0.39, 0.29) is 11.9 Å². The minimum Gasteiger partial charge on any atom is -0.392 e. The molecule has 1 aromatic carbocycles. The Morgan fingerprint density at radius 3 is 2.87 bits per heavy atom. The molecule has 0 aliphatic carbocycles. The molecule has 3 N–H and O–H groups in total. The van der Waals surface area contributed by atoms with E-state index in [4.69, 9.17) is 19.7 Å². The maximum atomic E-state index is 13.2. The van der Waals surface area contributed by atoms with E-state index in [0.717, 1.165) is 10.2 Å². The number of fused-ring (bicyclic) bond motifs is 1. The van der Waals surface area contributed by atoms with Crippen molar-refractivity contribution in [2.24, 2.45) is 9.98 Å². The van der Waals surface area contributed by atoms with Crippen molar-refractivity contribution in [2.75, 3.05) is 39.4 Å². The number of aliphatic hydroxyl groups is 1. The molecule has 2 aromatic rings. The Hall–Kier alpha value is -2.40. The van der Waals surface area contributed by atoms with Gasteiger partial charge in [-0.25, -0.2) is 4.98 Å². The molecular formula is C20H24N6O3S. The Morgan fingerprint density at radius 1 is 1.23 bits per heavy atom. The molecule has 2 fully saturated rings. The summed E-state index contributed by atoms with van der Waals surface area (Å²) in [6.45, 7) is 3.75. The van der Waals surface area contributed by atoms with E-state index in [2.05, 4.69) is 10.6 Å². The fourth-order valence-electron chi connectivity index (χ4n) is 3.95. The monoisotopic (exact) mass is 428 g/mol. The molecule has 10 heteroatoms. The Bertz CT molecular complexity index is 966. The van der Waals surface area contributed by atoms with Gasteiger partial charge in [-0.3, -0.25) is 15.1 Å². The van der Waals surface area contributed by atoms with Gasteiger partial charge in [0.05, 0.1) is 35.6 Å². The van der Waals surface area contributed by atoms with Gasteiger partial charge in [-0.2, -0.15) is 4.99 Å². The van der Waals surface area contributed by atoms with Crippen molar-refractivity contribution < 1.29 is 14.6 Å². The van der Waals surface area contributed by atoms with E-state index in [1.165, 1.54) is 11.3 Å². The number of piperidine rings is 1. The molecule has 0 saturated carbocycles. The van der Waals surface area contributed by atoms with Crippen LogP contribution in [0, 0.1) is 0 Å². The maximum absolute atomic E-state index is 13.2. The minimum atomic E-state index is -0.661. The van der Waals surface area contributed by atoms with Crippen LogP contribution in [0.4, 0.5) is 0 Å². The van der Waals surface area contributed by atoms with E-state index in [1.54, 1.807) is 0 Å². The molecule has 9 nitrogen and oxygen atoms in total. The zero-order chi connectivity index (χ0) is 20.5. The van der Waals surface area contributed by atoms with Crippen molar-refractivity contribution in [3.05, 3.63) is 29.3 Å². The third-order valence-corrected chi connectivity index (χ3v) is 6.56. The minimum absolute atomic E-state index is 0.138. The molecule has 0 bridgehead atoms.